The molecule has 4 nitrogen and oxygen atoms in total. The largest absolute Gasteiger partial charge is 0.316 e. The molecular weight excluding hydrogens is 259 g/mol. The van der Waals surface area contributed by atoms with Gasteiger partial charge in [0.15, 0.2) is 0 Å². The van der Waals surface area contributed by atoms with Crippen molar-refractivity contribution in [2.45, 2.75) is 25.4 Å². The molecule has 6 heteroatoms. The Hall–Kier alpha value is -0.290. The number of halogens is 2. The second-order valence-corrected chi connectivity index (χ2v) is 4.20. The fourth-order valence-electron chi connectivity index (χ4n) is 2.17. The molecule has 1 aliphatic heterocycles. The van der Waals surface area contributed by atoms with Crippen LogP contribution in [0.1, 0.15) is 12.8 Å². The van der Waals surface area contributed by atoms with Crippen LogP contribution in [0.5, 0.6) is 0 Å². The van der Waals surface area contributed by atoms with Gasteiger partial charge in [0, 0.05) is 31.5 Å². The lowest BCUT2D eigenvalue weighted by Crippen LogP contribution is -2.45. The van der Waals surface area contributed by atoms with Crippen molar-refractivity contribution in [1.29, 1.82) is 0 Å². The normalized spacial score (nSPS) is 20.4. The fourth-order valence-corrected chi connectivity index (χ4v) is 2.17. The summed E-state index contributed by atoms with van der Waals surface area (Å²) in [6.07, 6.45) is 6.49. The lowest BCUT2D eigenvalue weighted by molar-refractivity contribution is 0.187. The van der Waals surface area contributed by atoms with Crippen molar-refractivity contribution in [3.63, 3.8) is 0 Å². The predicted molar refractivity (Wildman–Crippen MR) is 75.2 cm³/mol. The van der Waals surface area contributed by atoms with Crippen molar-refractivity contribution in [3.05, 3.63) is 18.5 Å². The van der Waals surface area contributed by atoms with Gasteiger partial charge in [0.05, 0.1) is 6.54 Å². The summed E-state index contributed by atoms with van der Waals surface area (Å²) in [6, 6.07) is 2.66. The number of rotatable bonds is 4. The van der Waals surface area contributed by atoms with Crippen LogP contribution < -0.4 is 5.32 Å². The summed E-state index contributed by atoms with van der Waals surface area (Å²) in [5.41, 5.74) is 0. The third kappa shape index (κ3) is 5.25. The van der Waals surface area contributed by atoms with Crippen molar-refractivity contribution >= 4 is 24.8 Å². The predicted octanol–water partition coefficient (Wildman–Crippen LogP) is 1.41. The number of nitrogens with zero attached hydrogens (tertiary/aromatic N) is 3. The van der Waals surface area contributed by atoms with Gasteiger partial charge in [-0.2, -0.15) is 5.10 Å². The Morgan fingerprint density at radius 2 is 2.18 bits per heavy atom. The van der Waals surface area contributed by atoms with Crippen molar-refractivity contribution in [3.8, 4) is 0 Å². The minimum atomic E-state index is 0. The molecule has 1 aromatic heterocycles. The molecule has 0 aliphatic carbocycles. The Morgan fingerprint density at radius 1 is 1.35 bits per heavy atom. The lowest BCUT2D eigenvalue weighted by Gasteiger charge is -2.32. The summed E-state index contributed by atoms with van der Waals surface area (Å²) in [5.74, 6) is 0. The second-order valence-electron chi connectivity index (χ2n) is 4.20. The van der Waals surface area contributed by atoms with Crippen molar-refractivity contribution in [2.24, 2.45) is 0 Å². The highest BCUT2D eigenvalue weighted by Crippen LogP contribution is 2.09. The Balaban J connectivity index is 0.00000128. The topological polar surface area (TPSA) is 33.1 Å². The fraction of sp³-hybridized carbons (Fsp3) is 0.727. The smallest absolute Gasteiger partial charge is 0.0536 e. The zero-order chi connectivity index (χ0) is 10.5. The molecule has 0 aromatic carbocycles. The van der Waals surface area contributed by atoms with E-state index < -0.39 is 0 Å². The van der Waals surface area contributed by atoms with Gasteiger partial charge in [0.2, 0.25) is 0 Å². The van der Waals surface area contributed by atoms with E-state index in [0.29, 0.717) is 6.04 Å². The van der Waals surface area contributed by atoms with Gasteiger partial charge in [-0.3, -0.25) is 9.58 Å². The molecule has 1 saturated heterocycles. The molecule has 1 unspecified atom stereocenters. The maximum Gasteiger partial charge on any atom is 0.0536 e. The van der Waals surface area contributed by atoms with E-state index in [4.69, 9.17) is 0 Å². The van der Waals surface area contributed by atoms with Gasteiger partial charge < -0.3 is 5.32 Å². The van der Waals surface area contributed by atoms with Crippen LogP contribution in [0, 0.1) is 0 Å². The van der Waals surface area contributed by atoms with Gasteiger partial charge >= 0.3 is 0 Å². The lowest BCUT2D eigenvalue weighted by atomic mass is 10.1. The first kappa shape index (κ1) is 16.7. The third-order valence-electron chi connectivity index (χ3n) is 3.12. The highest BCUT2D eigenvalue weighted by Gasteiger charge is 2.17. The molecule has 0 bridgehead atoms. The van der Waals surface area contributed by atoms with Crippen molar-refractivity contribution < 1.29 is 0 Å². The molecule has 1 aromatic rings. The molecule has 0 spiro atoms. The Labute approximate surface area is 116 Å². The molecule has 2 rings (SSSR count). The van der Waals surface area contributed by atoms with Gasteiger partial charge in [-0.25, -0.2) is 0 Å². The minimum Gasteiger partial charge on any atom is -0.316 e. The monoisotopic (exact) mass is 280 g/mol. The van der Waals surface area contributed by atoms with E-state index in [1.807, 2.05) is 23.1 Å². The van der Waals surface area contributed by atoms with Crippen LogP contribution in [0.25, 0.3) is 0 Å². The third-order valence-corrected chi connectivity index (χ3v) is 3.12. The highest BCUT2D eigenvalue weighted by molar-refractivity contribution is 5.85. The summed E-state index contributed by atoms with van der Waals surface area (Å²) in [4.78, 5) is 2.52. The van der Waals surface area contributed by atoms with Crippen LogP contribution in [-0.4, -0.2) is 47.4 Å². The van der Waals surface area contributed by atoms with E-state index in [-0.39, 0.29) is 24.8 Å². The van der Waals surface area contributed by atoms with E-state index in [0.717, 1.165) is 13.1 Å². The standard InChI is InChI=1S/C11H20N4.2ClH/c1-12-11-4-2-6-14(10-11)8-9-15-7-3-5-13-15;;/h3,5,7,11-12H,2,4,6,8-10H2,1H3;2*1H. The SMILES string of the molecule is CNC1CCCN(CCn2cccn2)C1.Cl.Cl. The summed E-state index contributed by atoms with van der Waals surface area (Å²) in [5, 5.41) is 7.58. The van der Waals surface area contributed by atoms with E-state index in [1.165, 1.54) is 25.9 Å². The van der Waals surface area contributed by atoms with Gasteiger partial charge in [-0.15, -0.1) is 24.8 Å². The Kier molecular flexibility index (Phi) is 8.60. The first-order chi connectivity index (χ1) is 7.38. The van der Waals surface area contributed by atoms with Gasteiger partial charge in [0.25, 0.3) is 0 Å². The average Bonchev–Trinajstić information content (AvgIpc) is 2.79. The van der Waals surface area contributed by atoms with Gasteiger partial charge in [0.1, 0.15) is 0 Å². The molecule has 100 valence electrons. The molecule has 0 saturated carbocycles. The zero-order valence-electron chi connectivity index (χ0n) is 10.2. The Bertz CT molecular complexity index is 279. The van der Waals surface area contributed by atoms with Crippen molar-refractivity contribution in [2.75, 3.05) is 26.7 Å². The molecule has 1 atom stereocenters. The quantitative estimate of drug-likeness (QED) is 0.906. The van der Waals surface area contributed by atoms with Crippen LogP contribution in [0.3, 0.4) is 0 Å². The Morgan fingerprint density at radius 3 is 2.82 bits per heavy atom. The maximum absolute atomic E-state index is 4.21. The molecular formula is C11H22Cl2N4. The van der Waals surface area contributed by atoms with Crippen LogP contribution in [0.2, 0.25) is 0 Å². The summed E-state index contributed by atoms with van der Waals surface area (Å²) < 4.78 is 2.00. The summed E-state index contributed by atoms with van der Waals surface area (Å²) in [6.45, 7) is 4.53. The molecule has 2 heterocycles. The number of piperidine rings is 1. The van der Waals surface area contributed by atoms with Crippen LogP contribution in [0.15, 0.2) is 18.5 Å². The first-order valence-electron chi connectivity index (χ1n) is 5.75. The number of likely N-dealkylation sites (N-methyl/N-ethyl adjacent to an activating group) is 1. The summed E-state index contributed by atoms with van der Waals surface area (Å²) in [7, 11) is 2.06. The summed E-state index contributed by atoms with van der Waals surface area (Å²) >= 11 is 0. The van der Waals surface area contributed by atoms with Crippen LogP contribution >= 0.6 is 24.8 Å². The number of hydrogen-bond acceptors (Lipinski definition) is 3. The van der Waals surface area contributed by atoms with E-state index in [2.05, 4.69) is 22.4 Å². The molecule has 17 heavy (non-hydrogen) atoms. The number of nitrogens with one attached hydrogen (secondary N) is 1. The van der Waals surface area contributed by atoms with E-state index in [9.17, 15) is 0 Å². The maximum atomic E-state index is 4.21. The van der Waals surface area contributed by atoms with E-state index >= 15 is 0 Å². The minimum absolute atomic E-state index is 0. The van der Waals surface area contributed by atoms with Gasteiger partial charge in [-0.05, 0) is 32.5 Å². The molecule has 1 fully saturated rings. The van der Waals surface area contributed by atoms with E-state index in [1.54, 1.807) is 0 Å². The first-order valence-corrected chi connectivity index (χ1v) is 5.75. The number of aromatic nitrogens is 2. The van der Waals surface area contributed by atoms with Crippen LogP contribution in [0.4, 0.5) is 0 Å². The molecule has 0 amide bonds. The molecule has 1 N–H and O–H groups in total. The molecule has 0 radical (unpaired) electrons. The molecule has 1 aliphatic rings. The van der Waals surface area contributed by atoms with Gasteiger partial charge in [-0.1, -0.05) is 0 Å². The average molecular weight is 281 g/mol. The van der Waals surface area contributed by atoms with Crippen LogP contribution in [-0.2, 0) is 6.54 Å². The number of hydrogen-bond donors (Lipinski definition) is 1. The van der Waals surface area contributed by atoms with Crippen molar-refractivity contribution in [1.82, 2.24) is 20.0 Å². The number of likely N-dealkylation sites (tertiary alicyclic amines) is 1. The second kappa shape index (κ2) is 8.75. The zero-order valence-corrected chi connectivity index (χ0v) is 11.8. The highest BCUT2D eigenvalue weighted by atomic mass is 35.5.